The summed E-state index contributed by atoms with van der Waals surface area (Å²) in [6, 6.07) is 5.61. The number of anilines is 2. The fraction of sp³-hybridized carbons (Fsp3) is 0.462. The maximum Gasteiger partial charge on any atom is 0.337 e. The number of aromatic carboxylic acids is 1. The summed E-state index contributed by atoms with van der Waals surface area (Å²) in [6.07, 6.45) is 2.57. The Morgan fingerprint density at radius 3 is 2.65 bits per heavy atom. The third kappa shape index (κ3) is 2.35. The van der Waals surface area contributed by atoms with Gasteiger partial charge in [-0.2, -0.15) is 0 Å². The van der Waals surface area contributed by atoms with Crippen molar-refractivity contribution in [1.29, 1.82) is 0 Å². The van der Waals surface area contributed by atoms with Gasteiger partial charge >= 0.3 is 5.97 Å². The van der Waals surface area contributed by atoms with Crippen LogP contribution in [0.3, 0.4) is 0 Å². The van der Waals surface area contributed by atoms with E-state index in [2.05, 4.69) is 11.8 Å². The second-order valence-electron chi connectivity index (χ2n) is 4.77. The Balaban J connectivity index is 2.21. The van der Waals surface area contributed by atoms with Crippen LogP contribution in [0.15, 0.2) is 18.2 Å². The molecule has 92 valence electrons. The van der Waals surface area contributed by atoms with Crippen molar-refractivity contribution >= 4 is 17.3 Å². The molecule has 1 aromatic carbocycles. The molecule has 1 aliphatic carbocycles. The van der Waals surface area contributed by atoms with Crippen LogP contribution in [-0.2, 0) is 0 Å². The summed E-state index contributed by atoms with van der Waals surface area (Å²) in [7, 11) is 2.03. The number of hydrogen-bond donors (Lipinski definition) is 2. The SMILES string of the molecule is CC(C1CC1)N(C)c1ccc(C(=O)O)c(N)c1. The van der Waals surface area contributed by atoms with Crippen LogP contribution in [0, 0.1) is 5.92 Å². The van der Waals surface area contributed by atoms with E-state index in [-0.39, 0.29) is 5.56 Å². The summed E-state index contributed by atoms with van der Waals surface area (Å²) < 4.78 is 0. The van der Waals surface area contributed by atoms with Gasteiger partial charge < -0.3 is 15.7 Å². The van der Waals surface area contributed by atoms with Crippen molar-refractivity contribution in [3.05, 3.63) is 23.8 Å². The van der Waals surface area contributed by atoms with Crippen LogP contribution in [0.5, 0.6) is 0 Å². The summed E-state index contributed by atoms with van der Waals surface area (Å²) in [5, 5.41) is 8.91. The second-order valence-corrected chi connectivity index (χ2v) is 4.77. The first-order valence-electron chi connectivity index (χ1n) is 5.86. The van der Waals surface area contributed by atoms with E-state index in [1.54, 1.807) is 12.1 Å². The molecule has 0 radical (unpaired) electrons. The summed E-state index contributed by atoms with van der Waals surface area (Å²) in [5.41, 5.74) is 7.21. The fourth-order valence-electron chi connectivity index (χ4n) is 2.09. The molecule has 1 atom stereocenters. The lowest BCUT2D eigenvalue weighted by Crippen LogP contribution is -2.30. The van der Waals surface area contributed by atoms with Gasteiger partial charge in [-0.05, 0) is 43.9 Å². The lowest BCUT2D eigenvalue weighted by Gasteiger charge is -2.27. The van der Waals surface area contributed by atoms with E-state index in [0.717, 1.165) is 11.6 Å². The Kier molecular flexibility index (Phi) is 2.96. The highest BCUT2D eigenvalue weighted by molar-refractivity contribution is 5.94. The van der Waals surface area contributed by atoms with Crippen LogP contribution in [0.4, 0.5) is 11.4 Å². The number of rotatable bonds is 4. The Morgan fingerprint density at radius 2 is 2.18 bits per heavy atom. The molecule has 0 aromatic heterocycles. The van der Waals surface area contributed by atoms with Gasteiger partial charge in [0, 0.05) is 24.5 Å². The zero-order chi connectivity index (χ0) is 12.6. The summed E-state index contributed by atoms with van der Waals surface area (Å²) in [5.74, 6) is -0.215. The smallest absolute Gasteiger partial charge is 0.337 e. The van der Waals surface area contributed by atoms with Gasteiger partial charge in [-0.15, -0.1) is 0 Å². The number of hydrogen-bond acceptors (Lipinski definition) is 3. The van der Waals surface area contributed by atoms with Gasteiger partial charge in [0.05, 0.1) is 5.56 Å². The second kappa shape index (κ2) is 4.28. The first kappa shape index (κ1) is 11.8. The maximum absolute atomic E-state index is 10.9. The quantitative estimate of drug-likeness (QED) is 0.784. The molecule has 0 saturated heterocycles. The Bertz CT molecular complexity index is 441. The number of nitrogens with zero attached hydrogens (tertiary/aromatic N) is 1. The number of nitrogens with two attached hydrogens (primary N) is 1. The van der Waals surface area contributed by atoms with Gasteiger partial charge in [-0.1, -0.05) is 0 Å². The predicted molar refractivity (Wildman–Crippen MR) is 68.4 cm³/mol. The minimum atomic E-state index is -0.980. The van der Waals surface area contributed by atoms with E-state index < -0.39 is 5.97 Å². The molecule has 0 heterocycles. The lowest BCUT2D eigenvalue weighted by molar-refractivity contribution is 0.0698. The van der Waals surface area contributed by atoms with E-state index in [1.165, 1.54) is 12.8 Å². The van der Waals surface area contributed by atoms with Crippen LogP contribution in [0.2, 0.25) is 0 Å². The molecular formula is C13H18N2O2. The molecule has 17 heavy (non-hydrogen) atoms. The van der Waals surface area contributed by atoms with Gasteiger partial charge in [0.2, 0.25) is 0 Å². The highest BCUT2D eigenvalue weighted by Crippen LogP contribution is 2.36. The van der Waals surface area contributed by atoms with Crippen molar-refractivity contribution in [3.8, 4) is 0 Å². The number of nitrogen functional groups attached to an aromatic ring is 1. The van der Waals surface area contributed by atoms with Crippen molar-refractivity contribution in [3.63, 3.8) is 0 Å². The molecular weight excluding hydrogens is 216 g/mol. The molecule has 0 aliphatic heterocycles. The van der Waals surface area contributed by atoms with Crippen LogP contribution < -0.4 is 10.6 Å². The van der Waals surface area contributed by atoms with E-state index in [9.17, 15) is 4.79 Å². The van der Waals surface area contributed by atoms with Gasteiger partial charge in [0.1, 0.15) is 0 Å². The highest BCUT2D eigenvalue weighted by atomic mass is 16.4. The minimum Gasteiger partial charge on any atom is -0.478 e. The van der Waals surface area contributed by atoms with Crippen molar-refractivity contribution in [2.75, 3.05) is 17.7 Å². The number of carboxylic acid groups (broad SMARTS) is 1. The van der Waals surface area contributed by atoms with Gasteiger partial charge in [-0.25, -0.2) is 4.79 Å². The van der Waals surface area contributed by atoms with Crippen LogP contribution >= 0.6 is 0 Å². The number of carboxylic acids is 1. The first-order valence-corrected chi connectivity index (χ1v) is 5.86. The van der Waals surface area contributed by atoms with E-state index in [0.29, 0.717) is 11.7 Å². The maximum atomic E-state index is 10.9. The fourth-order valence-corrected chi connectivity index (χ4v) is 2.09. The average molecular weight is 234 g/mol. The molecule has 1 fully saturated rings. The molecule has 0 spiro atoms. The average Bonchev–Trinajstić information content (AvgIpc) is 3.10. The molecule has 4 nitrogen and oxygen atoms in total. The monoisotopic (exact) mass is 234 g/mol. The van der Waals surface area contributed by atoms with E-state index in [4.69, 9.17) is 10.8 Å². The zero-order valence-electron chi connectivity index (χ0n) is 10.2. The van der Waals surface area contributed by atoms with Gasteiger partial charge in [0.25, 0.3) is 0 Å². The van der Waals surface area contributed by atoms with Gasteiger partial charge in [-0.3, -0.25) is 0 Å². The molecule has 3 N–H and O–H groups in total. The van der Waals surface area contributed by atoms with Crippen molar-refractivity contribution < 1.29 is 9.90 Å². The molecule has 0 amide bonds. The third-order valence-corrected chi connectivity index (χ3v) is 3.59. The molecule has 1 unspecified atom stereocenters. The number of carbonyl (C=O) groups is 1. The van der Waals surface area contributed by atoms with Crippen LogP contribution in [0.1, 0.15) is 30.1 Å². The van der Waals surface area contributed by atoms with E-state index >= 15 is 0 Å². The largest absolute Gasteiger partial charge is 0.478 e. The van der Waals surface area contributed by atoms with Crippen LogP contribution in [0.25, 0.3) is 0 Å². The predicted octanol–water partition coefficient (Wildman–Crippen LogP) is 2.20. The standard InChI is InChI=1S/C13H18N2O2/c1-8(9-3-4-9)15(2)10-5-6-11(13(16)17)12(14)7-10/h5-9H,3-4,14H2,1-2H3,(H,16,17). The van der Waals surface area contributed by atoms with Crippen molar-refractivity contribution in [1.82, 2.24) is 0 Å². The normalized spacial score (nSPS) is 16.6. The minimum absolute atomic E-state index is 0.168. The zero-order valence-corrected chi connectivity index (χ0v) is 10.2. The van der Waals surface area contributed by atoms with Crippen molar-refractivity contribution in [2.24, 2.45) is 5.92 Å². The van der Waals surface area contributed by atoms with E-state index in [1.807, 2.05) is 13.1 Å². The molecule has 1 saturated carbocycles. The number of benzene rings is 1. The topological polar surface area (TPSA) is 66.6 Å². The molecule has 0 bridgehead atoms. The summed E-state index contributed by atoms with van der Waals surface area (Å²) in [4.78, 5) is 13.0. The molecule has 1 aliphatic rings. The van der Waals surface area contributed by atoms with Crippen molar-refractivity contribution in [2.45, 2.75) is 25.8 Å². The molecule has 2 rings (SSSR count). The summed E-state index contributed by atoms with van der Waals surface area (Å²) >= 11 is 0. The lowest BCUT2D eigenvalue weighted by atomic mass is 10.1. The molecule has 1 aromatic rings. The Morgan fingerprint density at radius 1 is 1.53 bits per heavy atom. The Labute approximate surface area is 101 Å². The molecule has 4 heteroatoms. The first-order chi connectivity index (χ1) is 8.00. The summed E-state index contributed by atoms with van der Waals surface area (Å²) in [6.45, 7) is 2.19. The Hall–Kier alpha value is -1.71. The van der Waals surface area contributed by atoms with Crippen LogP contribution in [-0.4, -0.2) is 24.2 Å². The third-order valence-electron chi connectivity index (χ3n) is 3.59. The highest BCUT2D eigenvalue weighted by Gasteiger charge is 2.30. The van der Waals surface area contributed by atoms with Gasteiger partial charge in [0.15, 0.2) is 0 Å².